The molecular formula is C18H23N3O2. The fourth-order valence-electron chi connectivity index (χ4n) is 3.77. The number of carbonyl (C=O) groups excluding carboxylic acids is 1. The number of rotatable bonds is 1. The molecule has 1 N–H and O–H groups in total. The second kappa shape index (κ2) is 5.35. The molecule has 0 bridgehead atoms. The summed E-state index contributed by atoms with van der Waals surface area (Å²) < 4.78 is 5.84. The van der Waals surface area contributed by atoms with Crippen LogP contribution in [0, 0.1) is 13.8 Å². The van der Waals surface area contributed by atoms with Crippen LogP contribution in [0.2, 0.25) is 0 Å². The molecule has 2 aliphatic heterocycles. The van der Waals surface area contributed by atoms with Crippen molar-refractivity contribution in [3.63, 3.8) is 0 Å². The molecule has 1 amide bonds. The number of aryl methyl sites for hydroxylation is 2. The summed E-state index contributed by atoms with van der Waals surface area (Å²) >= 11 is 0. The standard InChI is InChI=1S/C18H23N3O2/c1-11-4-5-14-13(12(11)2)8-15(19-14)18(22)21-9-16-17(10-21)23-7-6-20(16)3/h4-5,8,16-17,19H,6-7,9-10H2,1-3H3/t16-,17+/m1/s1. The molecule has 0 saturated carbocycles. The third kappa shape index (κ3) is 2.35. The van der Waals surface area contributed by atoms with Crippen molar-refractivity contribution in [2.24, 2.45) is 0 Å². The van der Waals surface area contributed by atoms with Crippen LogP contribution in [0.4, 0.5) is 0 Å². The number of hydrogen-bond donors (Lipinski definition) is 1. The third-order valence-electron chi connectivity index (χ3n) is 5.44. The number of morpholine rings is 1. The molecule has 5 heteroatoms. The Labute approximate surface area is 136 Å². The van der Waals surface area contributed by atoms with Crippen LogP contribution in [0.3, 0.4) is 0 Å². The average Bonchev–Trinajstić information content (AvgIpc) is 3.15. The Balaban J connectivity index is 1.61. The highest BCUT2D eigenvalue weighted by Gasteiger charge is 2.40. The van der Waals surface area contributed by atoms with Crippen molar-refractivity contribution in [2.75, 3.05) is 33.3 Å². The molecule has 2 saturated heterocycles. The maximum atomic E-state index is 12.9. The van der Waals surface area contributed by atoms with E-state index < -0.39 is 0 Å². The molecule has 2 fully saturated rings. The van der Waals surface area contributed by atoms with E-state index in [-0.39, 0.29) is 12.0 Å². The fourth-order valence-corrected chi connectivity index (χ4v) is 3.77. The highest BCUT2D eigenvalue weighted by molar-refractivity contribution is 5.99. The molecule has 5 nitrogen and oxygen atoms in total. The molecule has 1 aromatic heterocycles. The summed E-state index contributed by atoms with van der Waals surface area (Å²) in [6.07, 6.45) is 0.144. The lowest BCUT2D eigenvalue weighted by Crippen LogP contribution is -2.48. The van der Waals surface area contributed by atoms with Crippen molar-refractivity contribution < 1.29 is 9.53 Å². The van der Waals surface area contributed by atoms with Gasteiger partial charge in [-0.05, 0) is 44.2 Å². The monoisotopic (exact) mass is 313 g/mol. The van der Waals surface area contributed by atoms with Crippen LogP contribution in [0.5, 0.6) is 0 Å². The van der Waals surface area contributed by atoms with Crippen molar-refractivity contribution in [3.05, 3.63) is 35.0 Å². The highest BCUT2D eigenvalue weighted by atomic mass is 16.5. The second-order valence-electron chi connectivity index (χ2n) is 6.82. The number of amides is 1. The third-order valence-corrected chi connectivity index (χ3v) is 5.44. The van der Waals surface area contributed by atoms with Gasteiger partial charge in [-0.1, -0.05) is 6.07 Å². The van der Waals surface area contributed by atoms with E-state index in [1.165, 1.54) is 11.1 Å². The molecule has 0 unspecified atom stereocenters. The number of ether oxygens (including phenoxy) is 1. The molecule has 0 radical (unpaired) electrons. The van der Waals surface area contributed by atoms with Crippen LogP contribution in [-0.4, -0.2) is 66.1 Å². The molecule has 2 atom stereocenters. The van der Waals surface area contributed by atoms with E-state index in [0.717, 1.165) is 30.6 Å². The minimum Gasteiger partial charge on any atom is -0.373 e. The van der Waals surface area contributed by atoms with Crippen molar-refractivity contribution in [2.45, 2.75) is 26.0 Å². The first kappa shape index (κ1) is 14.7. The van der Waals surface area contributed by atoms with Crippen molar-refractivity contribution >= 4 is 16.8 Å². The minimum atomic E-state index is 0.0738. The number of nitrogens with zero attached hydrogens (tertiary/aromatic N) is 2. The van der Waals surface area contributed by atoms with Gasteiger partial charge in [0.25, 0.3) is 5.91 Å². The molecule has 1 aromatic carbocycles. The van der Waals surface area contributed by atoms with E-state index in [9.17, 15) is 4.79 Å². The number of H-pyrrole nitrogens is 1. The Morgan fingerprint density at radius 2 is 2.13 bits per heavy atom. The lowest BCUT2D eigenvalue weighted by molar-refractivity contribution is -0.0368. The lowest BCUT2D eigenvalue weighted by Gasteiger charge is -2.33. The Morgan fingerprint density at radius 1 is 1.30 bits per heavy atom. The quantitative estimate of drug-likeness (QED) is 0.875. The Hall–Kier alpha value is -1.85. The maximum absolute atomic E-state index is 12.9. The van der Waals surface area contributed by atoms with Gasteiger partial charge in [0.1, 0.15) is 5.69 Å². The molecular weight excluding hydrogens is 290 g/mol. The number of fused-ring (bicyclic) bond motifs is 2. The number of benzene rings is 1. The zero-order valence-corrected chi connectivity index (χ0v) is 13.9. The number of aromatic amines is 1. The molecule has 122 valence electrons. The zero-order valence-electron chi connectivity index (χ0n) is 13.9. The summed E-state index contributed by atoms with van der Waals surface area (Å²) in [6, 6.07) is 6.46. The van der Waals surface area contributed by atoms with Crippen LogP contribution in [0.1, 0.15) is 21.6 Å². The molecule has 4 rings (SSSR count). The van der Waals surface area contributed by atoms with Crippen LogP contribution in [0.25, 0.3) is 10.9 Å². The molecule has 2 aromatic rings. The first-order valence-electron chi connectivity index (χ1n) is 8.24. The first-order valence-corrected chi connectivity index (χ1v) is 8.24. The highest BCUT2D eigenvalue weighted by Crippen LogP contribution is 2.26. The number of nitrogens with one attached hydrogen (secondary N) is 1. The van der Waals surface area contributed by atoms with E-state index >= 15 is 0 Å². The summed E-state index contributed by atoms with van der Waals surface area (Å²) in [5, 5.41) is 1.14. The Morgan fingerprint density at radius 3 is 2.91 bits per heavy atom. The van der Waals surface area contributed by atoms with Gasteiger partial charge in [0.05, 0.1) is 18.8 Å². The predicted molar refractivity (Wildman–Crippen MR) is 89.8 cm³/mol. The number of aromatic nitrogens is 1. The number of likely N-dealkylation sites (tertiary alicyclic amines) is 1. The smallest absolute Gasteiger partial charge is 0.270 e. The molecule has 3 heterocycles. The number of likely N-dealkylation sites (N-methyl/N-ethyl adjacent to an activating group) is 1. The van der Waals surface area contributed by atoms with Crippen molar-refractivity contribution in [1.82, 2.24) is 14.8 Å². The zero-order chi connectivity index (χ0) is 16.1. The van der Waals surface area contributed by atoms with Crippen molar-refractivity contribution in [1.29, 1.82) is 0 Å². The van der Waals surface area contributed by atoms with Gasteiger partial charge < -0.3 is 14.6 Å². The molecule has 23 heavy (non-hydrogen) atoms. The van der Waals surface area contributed by atoms with E-state index in [1.54, 1.807) is 0 Å². The van der Waals surface area contributed by atoms with Gasteiger partial charge in [-0.2, -0.15) is 0 Å². The van der Waals surface area contributed by atoms with E-state index in [2.05, 4.69) is 42.9 Å². The summed E-state index contributed by atoms with van der Waals surface area (Å²) in [7, 11) is 2.11. The van der Waals surface area contributed by atoms with Crippen LogP contribution in [-0.2, 0) is 4.74 Å². The average molecular weight is 313 g/mol. The molecule has 0 aliphatic carbocycles. The topological polar surface area (TPSA) is 48.6 Å². The molecule has 2 aliphatic rings. The van der Waals surface area contributed by atoms with Crippen molar-refractivity contribution in [3.8, 4) is 0 Å². The van der Waals surface area contributed by atoms with Gasteiger partial charge in [0, 0.05) is 30.5 Å². The second-order valence-corrected chi connectivity index (χ2v) is 6.82. The predicted octanol–water partition coefficient (Wildman–Crippen LogP) is 1.94. The maximum Gasteiger partial charge on any atom is 0.270 e. The largest absolute Gasteiger partial charge is 0.373 e. The van der Waals surface area contributed by atoms with Gasteiger partial charge in [-0.15, -0.1) is 0 Å². The van der Waals surface area contributed by atoms with E-state index in [1.807, 2.05) is 11.0 Å². The summed E-state index contributed by atoms with van der Waals surface area (Å²) in [6.45, 7) is 7.32. The lowest BCUT2D eigenvalue weighted by atomic mass is 10.1. The van der Waals surface area contributed by atoms with E-state index in [4.69, 9.17) is 4.74 Å². The minimum absolute atomic E-state index is 0.0738. The van der Waals surface area contributed by atoms with Gasteiger partial charge in [0.15, 0.2) is 0 Å². The Kier molecular flexibility index (Phi) is 3.43. The molecule has 0 spiro atoms. The van der Waals surface area contributed by atoms with Crippen LogP contribution in [0.15, 0.2) is 18.2 Å². The van der Waals surface area contributed by atoms with Crippen LogP contribution >= 0.6 is 0 Å². The SMILES string of the molecule is Cc1ccc2[nH]c(C(=O)N3C[C@@H]4OCCN(C)[C@@H]4C3)cc2c1C. The van der Waals surface area contributed by atoms with Gasteiger partial charge in [0.2, 0.25) is 0 Å². The number of carbonyl (C=O) groups is 1. The summed E-state index contributed by atoms with van der Waals surface area (Å²) in [4.78, 5) is 20.4. The van der Waals surface area contributed by atoms with Gasteiger partial charge >= 0.3 is 0 Å². The van der Waals surface area contributed by atoms with E-state index in [0.29, 0.717) is 18.3 Å². The van der Waals surface area contributed by atoms with Gasteiger partial charge in [-0.3, -0.25) is 9.69 Å². The Bertz CT molecular complexity index is 767. The number of hydrogen-bond acceptors (Lipinski definition) is 3. The van der Waals surface area contributed by atoms with Crippen LogP contribution < -0.4 is 0 Å². The summed E-state index contributed by atoms with van der Waals surface area (Å²) in [5.74, 6) is 0.0738. The fraction of sp³-hybridized carbons (Fsp3) is 0.500. The first-order chi connectivity index (χ1) is 11.0. The summed E-state index contributed by atoms with van der Waals surface area (Å²) in [5.41, 5.74) is 4.19. The van der Waals surface area contributed by atoms with Gasteiger partial charge in [-0.25, -0.2) is 0 Å². The normalized spacial score (nSPS) is 25.1.